The van der Waals surface area contributed by atoms with Crippen LogP contribution >= 0.6 is 0 Å². The molecule has 2 aromatic rings. The van der Waals surface area contributed by atoms with Gasteiger partial charge in [0.25, 0.3) is 5.91 Å². The van der Waals surface area contributed by atoms with Gasteiger partial charge in [-0.15, -0.1) is 0 Å². The molecule has 0 fully saturated rings. The van der Waals surface area contributed by atoms with Gasteiger partial charge in [-0.2, -0.15) is 5.26 Å². The largest absolute Gasteiger partial charge is 0.497 e. The third kappa shape index (κ3) is 3.51. The van der Waals surface area contributed by atoms with Gasteiger partial charge in [0.05, 0.1) is 25.9 Å². The lowest BCUT2D eigenvalue weighted by molar-refractivity contribution is 0.102. The van der Waals surface area contributed by atoms with Gasteiger partial charge in [0.15, 0.2) is 0 Å². The van der Waals surface area contributed by atoms with Gasteiger partial charge in [0.1, 0.15) is 11.5 Å². The minimum absolute atomic E-state index is 0.281. The van der Waals surface area contributed by atoms with E-state index in [9.17, 15) is 4.79 Å². The lowest BCUT2D eigenvalue weighted by Crippen LogP contribution is -2.12. The maximum atomic E-state index is 12.2. The molecule has 5 nitrogen and oxygen atoms in total. The van der Waals surface area contributed by atoms with Crippen molar-refractivity contribution in [2.24, 2.45) is 0 Å². The first-order chi connectivity index (χ1) is 10.2. The van der Waals surface area contributed by atoms with Gasteiger partial charge in [-0.25, -0.2) is 0 Å². The minimum atomic E-state index is -0.281. The van der Waals surface area contributed by atoms with Gasteiger partial charge < -0.3 is 14.8 Å². The lowest BCUT2D eigenvalue weighted by atomic mass is 10.1. The summed E-state index contributed by atoms with van der Waals surface area (Å²) in [4.78, 5) is 12.2. The molecule has 0 bridgehead atoms. The quantitative estimate of drug-likeness (QED) is 0.936. The fourth-order valence-electron chi connectivity index (χ4n) is 1.77. The molecule has 21 heavy (non-hydrogen) atoms. The number of nitrogens with one attached hydrogen (secondary N) is 1. The number of rotatable bonds is 4. The number of hydrogen-bond acceptors (Lipinski definition) is 4. The summed E-state index contributed by atoms with van der Waals surface area (Å²) in [7, 11) is 3.05. The Labute approximate surface area is 122 Å². The first-order valence-corrected chi connectivity index (χ1v) is 6.21. The number of ether oxygens (including phenoxy) is 2. The highest BCUT2D eigenvalue weighted by molar-refractivity contribution is 6.04. The molecule has 0 aromatic heterocycles. The first kappa shape index (κ1) is 14.4. The van der Waals surface area contributed by atoms with E-state index in [1.807, 2.05) is 6.07 Å². The highest BCUT2D eigenvalue weighted by Crippen LogP contribution is 2.23. The summed E-state index contributed by atoms with van der Waals surface area (Å²) in [5.74, 6) is 0.801. The predicted molar refractivity (Wildman–Crippen MR) is 78.7 cm³/mol. The van der Waals surface area contributed by atoms with Crippen molar-refractivity contribution >= 4 is 11.6 Å². The Morgan fingerprint density at radius 2 is 1.62 bits per heavy atom. The highest BCUT2D eigenvalue weighted by atomic mass is 16.5. The van der Waals surface area contributed by atoms with Crippen molar-refractivity contribution in [2.45, 2.75) is 0 Å². The molecule has 0 aliphatic rings. The number of benzene rings is 2. The third-order valence-electron chi connectivity index (χ3n) is 2.89. The molecule has 0 saturated heterocycles. The fraction of sp³-hybridized carbons (Fsp3) is 0.125. The Bertz CT molecular complexity index is 665. The maximum Gasteiger partial charge on any atom is 0.255 e. The second kappa shape index (κ2) is 6.44. The summed E-state index contributed by atoms with van der Waals surface area (Å²) in [6.07, 6.45) is 0. The molecule has 1 N–H and O–H groups in total. The molecular weight excluding hydrogens is 268 g/mol. The molecule has 1 amide bonds. The van der Waals surface area contributed by atoms with E-state index in [4.69, 9.17) is 14.7 Å². The van der Waals surface area contributed by atoms with Gasteiger partial charge in [0.2, 0.25) is 0 Å². The van der Waals surface area contributed by atoms with Crippen LogP contribution in [0.2, 0.25) is 0 Å². The molecule has 0 heterocycles. The van der Waals surface area contributed by atoms with Crippen molar-refractivity contribution in [3.05, 3.63) is 53.6 Å². The normalized spacial score (nSPS) is 9.57. The van der Waals surface area contributed by atoms with Crippen LogP contribution in [0, 0.1) is 11.3 Å². The van der Waals surface area contributed by atoms with Crippen molar-refractivity contribution < 1.29 is 14.3 Å². The second-order valence-corrected chi connectivity index (χ2v) is 4.24. The molecule has 0 spiro atoms. The van der Waals surface area contributed by atoms with Crippen LogP contribution < -0.4 is 14.8 Å². The number of nitriles is 1. The van der Waals surface area contributed by atoms with Crippen LogP contribution in [-0.2, 0) is 0 Å². The van der Waals surface area contributed by atoms with E-state index in [0.717, 1.165) is 0 Å². The van der Waals surface area contributed by atoms with Crippen LogP contribution in [0.3, 0.4) is 0 Å². The van der Waals surface area contributed by atoms with Crippen LogP contribution in [0.1, 0.15) is 15.9 Å². The van der Waals surface area contributed by atoms with E-state index in [0.29, 0.717) is 28.3 Å². The van der Waals surface area contributed by atoms with Crippen molar-refractivity contribution in [3.63, 3.8) is 0 Å². The number of anilines is 1. The Hall–Kier alpha value is -3.00. The summed E-state index contributed by atoms with van der Waals surface area (Å²) in [5.41, 5.74) is 1.58. The average molecular weight is 282 g/mol. The average Bonchev–Trinajstić information content (AvgIpc) is 2.54. The van der Waals surface area contributed by atoms with E-state index in [2.05, 4.69) is 5.32 Å². The summed E-state index contributed by atoms with van der Waals surface area (Å²) < 4.78 is 10.3. The zero-order valence-electron chi connectivity index (χ0n) is 11.7. The number of carbonyl (C=O) groups is 1. The Balaban J connectivity index is 2.21. The standard InChI is InChI=1S/C16H14N2O3/c1-20-14-7-12(8-15(9-14)21-2)16(19)18-13-5-3-11(10-17)4-6-13/h3-9H,1-2H3,(H,18,19). The van der Waals surface area contributed by atoms with Crippen LogP contribution in [0.15, 0.2) is 42.5 Å². The summed E-state index contributed by atoms with van der Waals surface area (Å²) >= 11 is 0. The van der Waals surface area contributed by atoms with Crippen molar-refractivity contribution in [1.82, 2.24) is 0 Å². The summed E-state index contributed by atoms with van der Waals surface area (Å²) in [6, 6.07) is 13.6. The molecule has 0 saturated carbocycles. The van der Waals surface area contributed by atoms with E-state index < -0.39 is 0 Å². The molecule has 0 radical (unpaired) electrons. The number of hydrogen-bond donors (Lipinski definition) is 1. The van der Waals surface area contributed by atoms with E-state index in [1.165, 1.54) is 14.2 Å². The number of amides is 1. The van der Waals surface area contributed by atoms with Crippen molar-refractivity contribution in [1.29, 1.82) is 5.26 Å². The Morgan fingerprint density at radius 3 is 2.10 bits per heavy atom. The van der Waals surface area contributed by atoms with Crippen LogP contribution in [-0.4, -0.2) is 20.1 Å². The van der Waals surface area contributed by atoms with Crippen molar-refractivity contribution in [3.8, 4) is 17.6 Å². The monoisotopic (exact) mass is 282 g/mol. The zero-order valence-corrected chi connectivity index (χ0v) is 11.7. The smallest absolute Gasteiger partial charge is 0.255 e. The Morgan fingerprint density at radius 1 is 1.05 bits per heavy atom. The first-order valence-electron chi connectivity index (χ1n) is 6.21. The lowest BCUT2D eigenvalue weighted by Gasteiger charge is -2.09. The molecule has 0 aliphatic heterocycles. The molecule has 0 aliphatic carbocycles. The molecule has 2 rings (SSSR count). The molecule has 0 unspecified atom stereocenters. The van der Waals surface area contributed by atoms with E-state index >= 15 is 0 Å². The van der Waals surface area contributed by atoms with Crippen LogP contribution in [0.4, 0.5) is 5.69 Å². The topological polar surface area (TPSA) is 71.3 Å². The molecule has 106 valence electrons. The number of nitrogens with zero attached hydrogens (tertiary/aromatic N) is 1. The highest BCUT2D eigenvalue weighted by Gasteiger charge is 2.10. The molecule has 2 aromatic carbocycles. The van der Waals surface area contributed by atoms with Gasteiger partial charge in [0, 0.05) is 17.3 Å². The molecule has 5 heteroatoms. The van der Waals surface area contributed by atoms with Gasteiger partial charge in [-0.05, 0) is 36.4 Å². The van der Waals surface area contributed by atoms with Crippen LogP contribution in [0.25, 0.3) is 0 Å². The fourth-order valence-corrected chi connectivity index (χ4v) is 1.77. The van der Waals surface area contributed by atoms with E-state index in [1.54, 1.807) is 42.5 Å². The SMILES string of the molecule is COc1cc(OC)cc(C(=O)Nc2ccc(C#N)cc2)c1. The van der Waals surface area contributed by atoms with E-state index in [-0.39, 0.29) is 5.91 Å². The summed E-state index contributed by atoms with van der Waals surface area (Å²) in [5, 5.41) is 11.5. The number of methoxy groups -OCH3 is 2. The van der Waals surface area contributed by atoms with Crippen molar-refractivity contribution in [2.75, 3.05) is 19.5 Å². The third-order valence-corrected chi connectivity index (χ3v) is 2.89. The second-order valence-electron chi connectivity index (χ2n) is 4.24. The Kier molecular flexibility index (Phi) is 4.42. The zero-order chi connectivity index (χ0) is 15.2. The van der Waals surface area contributed by atoms with Gasteiger partial charge >= 0.3 is 0 Å². The summed E-state index contributed by atoms with van der Waals surface area (Å²) in [6.45, 7) is 0. The predicted octanol–water partition coefficient (Wildman–Crippen LogP) is 2.83. The number of carbonyl (C=O) groups excluding carboxylic acids is 1. The molecule has 0 atom stereocenters. The van der Waals surface area contributed by atoms with Gasteiger partial charge in [-0.1, -0.05) is 0 Å². The maximum absolute atomic E-state index is 12.2. The molecular formula is C16H14N2O3. The van der Waals surface area contributed by atoms with Gasteiger partial charge in [-0.3, -0.25) is 4.79 Å². The minimum Gasteiger partial charge on any atom is -0.497 e. The van der Waals surface area contributed by atoms with Crippen LogP contribution in [0.5, 0.6) is 11.5 Å².